The van der Waals surface area contributed by atoms with Crippen LogP contribution in [0.15, 0.2) is 109 Å². The molecular formula is C42H43N4O11S. The molecule has 0 aliphatic carbocycles. The second-order valence-corrected chi connectivity index (χ2v) is 14.4. The van der Waals surface area contributed by atoms with Crippen molar-refractivity contribution in [2.24, 2.45) is 0 Å². The Kier molecular flexibility index (Phi) is 15.4. The van der Waals surface area contributed by atoms with Crippen LogP contribution >= 0.6 is 11.8 Å². The lowest BCUT2D eigenvalue weighted by Gasteiger charge is -2.40. The first-order chi connectivity index (χ1) is 27.9. The fourth-order valence-corrected chi connectivity index (χ4v) is 6.76. The van der Waals surface area contributed by atoms with Gasteiger partial charge in [-0.15, -0.1) is 11.8 Å². The Morgan fingerprint density at radius 1 is 0.638 bits per heavy atom. The number of aliphatic hydroxyl groups is 4. The number of hydrogen-bond donors (Lipinski definition) is 8. The maximum Gasteiger partial charge on any atom is 0.251 e. The summed E-state index contributed by atoms with van der Waals surface area (Å²) < 4.78 is 5.09. The number of rotatable bonds is 17. The van der Waals surface area contributed by atoms with Gasteiger partial charge < -0.3 is 46.4 Å². The summed E-state index contributed by atoms with van der Waals surface area (Å²) in [5.74, 6) is -3.35. The van der Waals surface area contributed by atoms with Gasteiger partial charge in [-0.05, 0) is 30.7 Å². The summed E-state index contributed by atoms with van der Waals surface area (Å²) in [4.78, 5) is 78.8. The van der Waals surface area contributed by atoms with Crippen LogP contribution in [0.2, 0.25) is 0 Å². The van der Waals surface area contributed by atoms with Crippen LogP contribution in [0.3, 0.4) is 0 Å². The van der Waals surface area contributed by atoms with E-state index < -0.39 is 72.2 Å². The van der Waals surface area contributed by atoms with Crippen molar-refractivity contribution >= 4 is 47.0 Å². The number of ketones is 2. The minimum absolute atomic E-state index is 0.00266. The van der Waals surface area contributed by atoms with Gasteiger partial charge in [0.05, 0.1) is 17.7 Å². The van der Waals surface area contributed by atoms with Gasteiger partial charge in [0.2, 0.25) is 11.8 Å². The molecule has 15 nitrogen and oxygen atoms in total. The zero-order valence-corrected chi connectivity index (χ0v) is 31.8. The highest BCUT2D eigenvalue weighted by molar-refractivity contribution is 8.00. The Hall–Kier alpha value is -5.75. The Bertz CT molecular complexity index is 2050. The van der Waals surface area contributed by atoms with E-state index in [0.717, 1.165) is 11.8 Å². The highest BCUT2D eigenvalue weighted by Gasteiger charge is 2.44. The highest BCUT2D eigenvalue weighted by atomic mass is 32.2. The van der Waals surface area contributed by atoms with E-state index in [2.05, 4.69) is 28.2 Å². The van der Waals surface area contributed by atoms with Crippen molar-refractivity contribution in [2.75, 3.05) is 19.0 Å². The van der Waals surface area contributed by atoms with Gasteiger partial charge in [-0.25, -0.2) is 0 Å². The minimum Gasteiger partial charge on any atom is -0.394 e. The third-order valence-electron chi connectivity index (χ3n) is 9.27. The monoisotopic (exact) mass is 811 g/mol. The zero-order chi connectivity index (χ0) is 41.8. The molecule has 1 heterocycles. The second-order valence-electron chi connectivity index (χ2n) is 13.2. The van der Waals surface area contributed by atoms with Gasteiger partial charge in [0.15, 0.2) is 17.9 Å². The van der Waals surface area contributed by atoms with E-state index in [1.165, 1.54) is 48.5 Å². The van der Waals surface area contributed by atoms with E-state index in [1.54, 1.807) is 60.7 Å². The molecule has 1 fully saturated rings. The molecule has 8 N–H and O–H groups in total. The predicted octanol–water partition coefficient (Wildman–Crippen LogP) is 0.993. The highest BCUT2D eigenvalue weighted by Crippen LogP contribution is 2.22. The van der Waals surface area contributed by atoms with Gasteiger partial charge in [-0.3, -0.25) is 28.8 Å². The van der Waals surface area contributed by atoms with Crippen LogP contribution in [0.25, 0.3) is 0 Å². The van der Waals surface area contributed by atoms with E-state index in [4.69, 9.17) is 4.74 Å². The molecule has 7 unspecified atom stereocenters. The molecule has 58 heavy (non-hydrogen) atoms. The largest absolute Gasteiger partial charge is 0.394 e. The van der Waals surface area contributed by atoms with Crippen molar-refractivity contribution < 1.29 is 53.9 Å². The van der Waals surface area contributed by atoms with Crippen LogP contribution in [0, 0.1) is 6.92 Å². The van der Waals surface area contributed by atoms with Crippen LogP contribution in [-0.2, 0) is 14.3 Å². The molecule has 0 saturated carbocycles. The molecular weight excluding hydrogens is 769 g/mol. The zero-order valence-electron chi connectivity index (χ0n) is 31.0. The van der Waals surface area contributed by atoms with Crippen LogP contribution in [-0.4, -0.2) is 117 Å². The molecule has 16 heteroatoms. The Balaban J connectivity index is 1.23. The molecule has 0 spiro atoms. The Labute approximate surface area is 338 Å². The van der Waals surface area contributed by atoms with Gasteiger partial charge in [0.25, 0.3) is 11.8 Å². The van der Waals surface area contributed by atoms with E-state index in [0.29, 0.717) is 22.3 Å². The lowest BCUT2D eigenvalue weighted by atomic mass is 9.97. The van der Waals surface area contributed by atoms with E-state index in [1.807, 2.05) is 0 Å². The summed E-state index contributed by atoms with van der Waals surface area (Å²) in [6, 6.07) is 26.2. The molecule has 4 aromatic rings. The number of hydrogen-bond acceptors (Lipinski definition) is 12. The number of thioether (sulfide) groups is 1. The van der Waals surface area contributed by atoms with Crippen molar-refractivity contribution in [1.82, 2.24) is 21.3 Å². The molecule has 4 aromatic carbocycles. The van der Waals surface area contributed by atoms with Gasteiger partial charge in [0.1, 0.15) is 30.4 Å². The lowest BCUT2D eigenvalue weighted by Crippen LogP contribution is -2.64. The number of carbonyl (C=O) groups is 6. The standard InChI is InChI=1S/C42H43N4O11S/c1-2-32(41(55)46-33-37(51)36(50)31(22-47)57-42(33)56)58-23-44-40(54)30(45-39(53)29-19-15-27(16-20-29)35(49)25-11-7-4-8-12-25)21-43-38(52)28-17-13-26(14-18-28)34(48)24-9-5-3-6-10-24/h3-20,30-33,36-37,42,47,50-51,56H,1-2,21-23H2,(H,43,52)(H,44,54)(H,45,53)(H,46,55). The number of aliphatic hydroxyl groups excluding tert-OH is 4. The number of amides is 4. The van der Waals surface area contributed by atoms with Gasteiger partial charge in [-0.2, -0.15) is 0 Å². The van der Waals surface area contributed by atoms with Crippen LogP contribution in [0.1, 0.15) is 59.0 Å². The molecule has 303 valence electrons. The molecule has 1 saturated heterocycles. The number of nitrogens with one attached hydrogen (secondary N) is 4. The van der Waals surface area contributed by atoms with Crippen LogP contribution in [0.4, 0.5) is 0 Å². The second kappa shape index (κ2) is 20.6. The maximum atomic E-state index is 13.5. The van der Waals surface area contributed by atoms with Gasteiger partial charge in [0, 0.05) is 39.9 Å². The van der Waals surface area contributed by atoms with E-state index >= 15 is 0 Å². The predicted molar refractivity (Wildman–Crippen MR) is 212 cm³/mol. The molecule has 1 radical (unpaired) electrons. The first-order valence-electron chi connectivity index (χ1n) is 18.2. The van der Waals surface area contributed by atoms with Crippen LogP contribution in [0.5, 0.6) is 0 Å². The number of carbonyl (C=O) groups excluding carboxylic acids is 6. The average molecular weight is 812 g/mol. The molecule has 5 rings (SSSR count). The maximum absolute atomic E-state index is 13.5. The molecule has 1 aliphatic heterocycles. The third kappa shape index (κ3) is 11.0. The smallest absolute Gasteiger partial charge is 0.251 e. The fourth-order valence-electron chi connectivity index (χ4n) is 5.94. The van der Waals surface area contributed by atoms with Crippen molar-refractivity contribution in [2.45, 2.75) is 48.4 Å². The fraction of sp³-hybridized carbons (Fsp3) is 0.262. The molecule has 0 bridgehead atoms. The average Bonchev–Trinajstić information content (AvgIpc) is 3.26. The quantitative estimate of drug-likeness (QED) is 0.0551. The number of benzene rings is 4. The lowest BCUT2D eigenvalue weighted by molar-refractivity contribution is -0.253. The summed E-state index contributed by atoms with van der Waals surface area (Å²) in [5.41, 5.74) is 1.97. The topological polar surface area (TPSA) is 241 Å². The normalized spacial score (nSPS) is 19.8. The minimum atomic E-state index is -1.73. The van der Waals surface area contributed by atoms with E-state index in [9.17, 15) is 49.2 Å². The SMILES string of the molecule is [CH2]CC(SCNC(=O)C(CNC(=O)c1ccc(C(=O)c2ccccc2)cc1)NC(=O)c1ccc(C(=O)c2ccccc2)cc1)C(=O)NC1C(O)OC(CO)C(O)C1O. The Morgan fingerprint density at radius 2 is 1.12 bits per heavy atom. The summed E-state index contributed by atoms with van der Waals surface area (Å²) in [6.07, 6.45) is -6.24. The van der Waals surface area contributed by atoms with Gasteiger partial charge in [-0.1, -0.05) is 91.9 Å². The first-order valence-corrected chi connectivity index (χ1v) is 19.2. The first kappa shape index (κ1) is 43.4. The van der Waals surface area contributed by atoms with Crippen LogP contribution < -0.4 is 21.3 Å². The van der Waals surface area contributed by atoms with Crippen molar-refractivity contribution in [3.63, 3.8) is 0 Å². The molecule has 1 aliphatic rings. The molecule has 7 atom stereocenters. The number of ether oxygens (including phenoxy) is 1. The van der Waals surface area contributed by atoms with Crippen molar-refractivity contribution in [3.8, 4) is 0 Å². The summed E-state index contributed by atoms with van der Waals surface area (Å²) >= 11 is 0.941. The Morgan fingerprint density at radius 3 is 1.62 bits per heavy atom. The summed E-state index contributed by atoms with van der Waals surface area (Å²) in [5, 5.41) is 49.5. The summed E-state index contributed by atoms with van der Waals surface area (Å²) in [6.45, 7) is 2.70. The van der Waals surface area contributed by atoms with Gasteiger partial charge >= 0.3 is 0 Å². The molecule has 0 aromatic heterocycles. The van der Waals surface area contributed by atoms with E-state index in [-0.39, 0.29) is 41.5 Å². The third-order valence-corrected chi connectivity index (χ3v) is 10.4. The molecule has 4 amide bonds. The summed E-state index contributed by atoms with van der Waals surface area (Å²) in [7, 11) is 0. The van der Waals surface area contributed by atoms with Crippen molar-refractivity contribution in [3.05, 3.63) is 149 Å². The van der Waals surface area contributed by atoms with Crippen molar-refractivity contribution in [1.29, 1.82) is 0 Å².